The number of nitrogens with one attached hydrogen (secondary N) is 1. The number of carbonyl (C=O) groups excluding carboxylic acids is 1. The van der Waals surface area contributed by atoms with Crippen molar-refractivity contribution in [2.24, 2.45) is 5.10 Å². The second-order valence-corrected chi connectivity index (χ2v) is 6.54. The number of ether oxygens (including phenoxy) is 1. The fourth-order valence-corrected chi connectivity index (χ4v) is 3.06. The molecule has 1 saturated heterocycles. The predicted octanol–water partition coefficient (Wildman–Crippen LogP) is 3.03. The molecule has 1 aliphatic heterocycles. The third-order valence-corrected chi connectivity index (χ3v) is 4.54. The van der Waals surface area contributed by atoms with E-state index in [0.29, 0.717) is 0 Å². The number of hydrazone groups is 1. The summed E-state index contributed by atoms with van der Waals surface area (Å²) in [6, 6.07) is 12.0. The average molecular weight is 382 g/mol. The third kappa shape index (κ3) is 4.85. The minimum atomic E-state index is -0.556. The molecule has 8 heteroatoms. The highest BCUT2D eigenvalue weighted by Crippen LogP contribution is 2.25. The zero-order valence-corrected chi connectivity index (χ0v) is 15.6. The first-order valence-corrected chi connectivity index (χ1v) is 9.08. The highest BCUT2D eigenvalue weighted by atomic mass is 16.6. The molecule has 0 aromatic heterocycles. The van der Waals surface area contributed by atoms with Crippen LogP contribution in [-0.4, -0.2) is 36.7 Å². The van der Waals surface area contributed by atoms with Crippen LogP contribution in [0.3, 0.4) is 0 Å². The van der Waals surface area contributed by atoms with Crippen molar-refractivity contribution in [3.05, 3.63) is 63.7 Å². The smallest absolute Gasteiger partial charge is 0.310 e. The summed E-state index contributed by atoms with van der Waals surface area (Å²) in [5, 5.41) is 14.9. The molecule has 1 N–H and O–H groups in total. The largest absolute Gasteiger partial charge is 0.477 e. The first-order valence-electron chi connectivity index (χ1n) is 9.08. The number of aryl methyl sites for hydroxylation is 1. The summed E-state index contributed by atoms with van der Waals surface area (Å²) in [6.07, 6.45) is 4.02. The van der Waals surface area contributed by atoms with E-state index in [9.17, 15) is 14.9 Å². The van der Waals surface area contributed by atoms with E-state index in [0.717, 1.165) is 24.2 Å². The van der Waals surface area contributed by atoms with Gasteiger partial charge in [-0.2, -0.15) is 5.10 Å². The van der Waals surface area contributed by atoms with Crippen LogP contribution in [-0.2, 0) is 4.79 Å². The number of carbonyl (C=O) groups is 1. The molecule has 0 radical (unpaired) electrons. The van der Waals surface area contributed by atoms with Gasteiger partial charge in [0.15, 0.2) is 12.4 Å². The Hall–Kier alpha value is -3.42. The number of hydrogen-bond donors (Lipinski definition) is 1. The molecule has 8 nitrogen and oxygen atoms in total. The van der Waals surface area contributed by atoms with Gasteiger partial charge in [0.2, 0.25) is 0 Å². The first kappa shape index (κ1) is 19.3. The van der Waals surface area contributed by atoms with Crippen LogP contribution in [0.4, 0.5) is 11.4 Å². The Kier molecular flexibility index (Phi) is 6.21. The molecule has 1 amide bonds. The van der Waals surface area contributed by atoms with Crippen molar-refractivity contribution in [3.63, 3.8) is 0 Å². The standard InChI is InChI=1S/C20H22N4O4/c1-15-12-17(23-10-4-5-11-23)9-8-16(15)13-21-22-20(25)14-28-19-7-3-2-6-18(19)24(26)27/h2-3,6-9,12-13H,4-5,10-11,14H2,1H3,(H,22,25)/b21-13+. The topological polar surface area (TPSA) is 97.1 Å². The molecule has 146 valence electrons. The number of benzene rings is 2. The van der Waals surface area contributed by atoms with E-state index in [4.69, 9.17) is 4.74 Å². The predicted molar refractivity (Wildman–Crippen MR) is 107 cm³/mol. The number of amides is 1. The van der Waals surface area contributed by atoms with Crippen LogP contribution in [0, 0.1) is 17.0 Å². The summed E-state index contributed by atoms with van der Waals surface area (Å²) < 4.78 is 5.23. The normalized spacial score (nSPS) is 13.7. The number of nitrogens with zero attached hydrogens (tertiary/aromatic N) is 3. The number of para-hydroxylation sites is 2. The van der Waals surface area contributed by atoms with Crippen LogP contribution < -0.4 is 15.1 Å². The number of nitro benzene ring substituents is 1. The minimum Gasteiger partial charge on any atom is -0.477 e. The van der Waals surface area contributed by atoms with E-state index in [1.165, 1.54) is 36.7 Å². The highest BCUT2D eigenvalue weighted by Gasteiger charge is 2.15. The van der Waals surface area contributed by atoms with Crippen LogP contribution in [0.15, 0.2) is 47.6 Å². The Morgan fingerprint density at radius 1 is 1.29 bits per heavy atom. The van der Waals surface area contributed by atoms with Gasteiger partial charge in [-0.25, -0.2) is 5.43 Å². The second-order valence-electron chi connectivity index (χ2n) is 6.54. The summed E-state index contributed by atoms with van der Waals surface area (Å²) in [5.74, 6) is -0.458. The molecule has 0 spiro atoms. The highest BCUT2D eigenvalue weighted by molar-refractivity contribution is 5.85. The molecule has 0 aliphatic carbocycles. The van der Waals surface area contributed by atoms with Gasteiger partial charge >= 0.3 is 5.69 Å². The molecule has 1 heterocycles. The summed E-state index contributed by atoms with van der Waals surface area (Å²) >= 11 is 0. The fourth-order valence-electron chi connectivity index (χ4n) is 3.06. The van der Waals surface area contributed by atoms with Gasteiger partial charge in [0.05, 0.1) is 11.1 Å². The molecule has 1 aliphatic rings. The van der Waals surface area contributed by atoms with Crippen LogP contribution in [0.25, 0.3) is 0 Å². The van der Waals surface area contributed by atoms with Gasteiger partial charge in [0.1, 0.15) is 0 Å². The number of anilines is 1. The van der Waals surface area contributed by atoms with Crippen LogP contribution >= 0.6 is 0 Å². The zero-order chi connectivity index (χ0) is 19.9. The molecule has 0 bridgehead atoms. The molecule has 3 rings (SSSR count). The van der Waals surface area contributed by atoms with E-state index in [-0.39, 0.29) is 18.0 Å². The monoisotopic (exact) mass is 382 g/mol. The first-order chi connectivity index (χ1) is 13.5. The van der Waals surface area contributed by atoms with Crippen LogP contribution in [0.1, 0.15) is 24.0 Å². The SMILES string of the molecule is Cc1cc(N2CCCC2)ccc1/C=N/NC(=O)COc1ccccc1[N+](=O)[O-]. The lowest BCUT2D eigenvalue weighted by Crippen LogP contribution is -2.24. The quantitative estimate of drug-likeness (QED) is 0.451. The van der Waals surface area contributed by atoms with E-state index in [2.05, 4.69) is 27.6 Å². The van der Waals surface area contributed by atoms with Gasteiger partial charge in [0.25, 0.3) is 5.91 Å². The maximum absolute atomic E-state index is 11.9. The number of nitro groups is 1. The Morgan fingerprint density at radius 2 is 2.04 bits per heavy atom. The lowest BCUT2D eigenvalue weighted by molar-refractivity contribution is -0.385. The maximum Gasteiger partial charge on any atom is 0.310 e. The Labute approximate surface area is 163 Å². The fraction of sp³-hybridized carbons (Fsp3) is 0.300. The molecule has 2 aromatic rings. The number of hydrogen-bond acceptors (Lipinski definition) is 6. The van der Waals surface area contributed by atoms with Crippen molar-refractivity contribution in [2.45, 2.75) is 19.8 Å². The molecule has 2 aromatic carbocycles. The average Bonchev–Trinajstić information content (AvgIpc) is 3.22. The van der Waals surface area contributed by atoms with Crippen molar-refractivity contribution >= 4 is 23.5 Å². The summed E-state index contributed by atoms with van der Waals surface area (Å²) in [7, 11) is 0. The Bertz CT molecular complexity index is 892. The van der Waals surface area contributed by atoms with Crippen molar-refractivity contribution in [3.8, 4) is 5.75 Å². The summed E-state index contributed by atoms with van der Waals surface area (Å²) in [6.45, 7) is 3.81. The number of rotatable bonds is 7. The van der Waals surface area contributed by atoms with Gasteiger partial charge in [-0.1, -0.05) is 18.2 Å². The van der Waals surface area contributed by atoms with E-state index in [1.807, 2.05) is 13.0 Å². The summed E-state index contributed by atoms with van der Waals surface area (Å²) in [4.78, 5) is 24.6. The van der Waals surface area contributed by atoms with Crippen LogP contribution in [0.5, 0.6) is 5.75 Å². The minimum absolute atomic E-state index is 0.0416. The molecular formula is C20H22N4O4. The second kappa shape index (κ2) is 8.98. The Balaban J connectivity index is 1.53. The van der Waals surface area contributed by atoms with Crippen LogP contribution in [0.2, 0.25) is 0 Å². The van der Waals surface area contributed by atoms with Gasteiger partial charge in [0, 0.05) is 24.8 Å². The van der Waals surface area contributed by atoms with E-state index < -0.39 is 10.8 Å². The molecule has 1 fully saturated rings. The Morgan fingerprint density at radius 3 is 2.75 bits per heavy atom. The zero-order valence-electron chi connectivity index (χ0n) is 15.6. The summed E-state index contributed by atoms with van der Waals surface area (Å²) in [5.41, 5.74) is 5.36. The lowest BCUT2D eigenvalue weighted by atomic mass is 10.1. The molecule has 28 heavy (non-hydrogen) atoms. The molecule has 0 atom stereocenters. The molecule has 0 saturated carbocycles. The molecule has 0 unspecified atom stereocenters. The van der Waals surface area contributed by atoms with Crippen molar-refractivity contribution in [2.75, 3.05) is 24.6 Å². The van der Waals surface area contributed by atoms with E-state index in [1.54, 1.807) is 12.3 Å². The van der Waals surface area contributed by atoms with Gasteiger partial charge in [-0.3, -0.25) is 14.9 Å². The van der Waals surface area contributed by atoms with Gasteiger partial charge in [-0.05, 0) is 49.1 Å². The lowest BCUT2D eigenvalue weighted by Gasteiger charge is -2.18. The van der Waals surface area contributed by atoms with Crippen molar-refractivity contribution in [1.82, 2.24) is 5.43 Å². The molecular weight excluding hydrogens is 360 g/mol. The third-order valence-electron chi connectivity index (χ3n) is 4.54. The van der Waals surface area contributed by atoms with Crippen molar-refractivity contribution < 1.29 is 14.5 Å². The van der Waals surface area contributed by atoms with E-state index >= 15 is 0 Å². The van der Waals surface area contributed by atoms with Gasteiger partial charge in [-0.15, -0.1) is 0 Å². The van der Waals surface area contributed by atoms with Crippen molar-refractivity contribution in [1.29, 1.82) is 0 Å². The maximum atomic E-state index is 11.9. The van der Waals surface area contributed by atoms with Gasteiger partial charge < -0.3 is 9.64 Å².